The van der Waals surface area contributed by atoms with Crippen LogP contribution in [0.1, 0.15) is 19.8 Å². The van der Waals surface area contributed by atoms with E-state index >= 15 is 0 Å². The molecule has 0 spiro atoms. The largest absolute Gasteiger partial charge is 0.419 e. The van der Waals surface area contributed by atoms with Crippen LogP contribution in [0.4, 0.5) is 0 Å². The zero-order valence-corrected chi connectivity index (χ0v) is 10.1. The molecule has 1 aromatic carbocycles. The van der Waals surface area contributed by atoms with E-state index in [2.05, 4.69) is 22.9 Å². The Balaban J connectivity index is 2.53. The minimum absolute atomic E-state index is 0.267. The van der Waals surface area contributed by atoms with Gasteiger partial charge in [0.1, 0.15) is 0 Å². The van der Waals surface area contributed by atoms with Crippen molar-refractivity contribution in [3.05, 3.63) is 33.2 Å². The quantitative estimate of drug-likeness (QED) is 0.858. The minimum Gasteiger partial charge on any atom is -0.408 e. The first-order valence-corrected chi connectivity index (χ1v) is 5.80. The lowest BCUT2D eigenvalue weighted by Gasteiger charge is -1.99. The molecule has 4 heteroatoms. The van der Waals surface area contributed by atoms with Crippen LogP contribution >= 0.6 is 15.9 Å². The van der Waals surface area contributed by atoms with Crippen molar-refractivity contribution in [3.63, 3.8) is 0 Å². The van der Waals surface area contributed by atoms with Crippen LogP contribution in [0.5, 0.6) is 0 Å². The van der Waals surface area contributed by atoms with Gasteiger partial charge in [-0.25, -0.2) is 4.79 Å². The lowest BCUT2D eigenvalue weighted by atomic mass is 10.3. The van der Waals surface area contributed by atoms with Crippen molar-refractivity contribution < 1.29 is 4.42 Å². The molecule has 0 unspecified atom stereocenters. The molecule has 0 N–H and O–H groups in total. The lowest BCUT2D eigenvalue weighted by Crippen LogP contribution is -2.13. The molecule has 0 aliphatic carbocycles. The van der Waals surface area contributed by atoms with Gasteiger partial charge in [0.2, 0.25) is 0 Å². The molecule has 0 aliphatic rings. The third kappa shape index (κ3) is 2.00. The van der Waals surface area contributed by atoms with Gasteiger partial charge < -0.3 is 4.42 Å². The van der Waals surface area contributed by atoms with Crippen LogP contribution < -0.4 is 5.76 Å². The van der Waals surface area contributed by atoms with Crippen LogP contribution in [-0.2, 0) is 6.54 Å². The molecule has 2 aromatic rings. The Labute approximate surface area is 95.8 Å². The van der Waals surface area contributed by atoms with Crippen molar-refractivity contribution in [2.24, 2.45) is 0 Å². The van der Waals surface area contributed by atoms with Crippen molar-refractivity contribution in [3.8, 4) is 0 Å². The highest BCUT2D eigenvalue weighted by molar-refractivity contribution is 9.10. The molecule has 15 heavy (non-hydrogen) atoms. The molecule has 0 atom stereocenters. The Morgan fingerprint density at radius 1 is 1.47 bits per heavy atom. The molecule has 80 valence electrons. The van der Waals surface area contributed by atoms with Gasteiger partial charge in [0.25, 0.3) is 0 Å². The number of halogens is 1. The summed E-state index contributed by atoms with van der Waals surface area (Å²) in [6, 6.07) is 5.64. The van der Waals surface area contributed by atoms with E-state index in [9.17, 15) is 4.79 Å². The number of fused-ring (bicyclic) bond motifs is 1. The van der Waals surface area contributed by atoms with Gasteiger partial charge in [0.15, 0.2) is 5.58 Å². The van der Waals surface area contributed by atoms with Gasteiger partial charge in [0.05, 0.1) is 5.52 Å². The van der Waals surface area contributed by atoms with Crippen LogP contribution in [0, 0.1) is 0 Å². The van der Waals surface area contributed by atoms with Gasteiger partial charge >= 0.3 is 5.76 Å². The van der Waals surface area contributed by atoms with Gasteiger partial charge in [0, 0.05) is 11.0 Å². The van der Waals surface area contributed by atoms with Gasteiger partial charge in [-0.2, -0.15) is 0 Å². The van der Waals surface area contributed by atoms with E-state index in [0.717, 1.165) is 29.4 Å². The van der Waals surface area contributed by atoms with Gasteiger partial charge in [-0.15, -0.1) is 0 Å². The fraction of sp³-hybridized carbons (Fsp3) is 0.364. The minimum atomic E-state index is -0.267. The second kappa shape index (κ2) is 4.23. The summed E-state index contributed by atoms with van der Waals surface area (Å²) in [5, 5.41) is 0. The van der Waals surface area contributed by atoms with Gasteiger partial charge in [-0.1, -0.05) is 29.3 Å². The summed E-state index contributed by atoms with van der Waals surface area (Å²) in [5.41, 5.74) is 1.52. The van der Waals surface area contributed by atoms with Crippen LogP contribution in [0.3, 0.4) is 0 Å². The third-order valence-corrected chi connectivity index (χ3v) is 2.86. The molecule has 0 fully saturated rings. The van der Waals surface area contributed by atoms with Crippen LogP contribution in [0.25, 0.3) is 11.1 Å². The average Bonchev–Trinajstić information content (AvgIpc) is 2.50. The fourth-order valence-corrected chi connectivity index (χ4v) is 1.91. The predicted octanol–water partition coefficient (Wildman–Crippen LogP) is 3.16. The van der Waals surface area contributed by atoms with Crippen molar-refractivity contribution in [1.82, 2.24) is 4.57 Å². The number of hydrogen-bond donors (Lipinski definition) is 0. The Kier molecular flexibility index (Phi) is 2.95. The van der Waals surface area contributed by atoms with E-state index in [4.69, 9.17) is 4.42 Å². The summed E-state index contributed by atoms with van der Waals surface area (Å²) in [6.07, 6.45) is 2.06. The maximum absolute atomic E-state index is 11.5. The van der Waals surface area contributed by atoms with E-state index in [1.54, 1.807) is 4.57 Å². The van der Waals surface area contributed by atoms with E-state index in [-0.39, 0.29) is 5.76 Å². The van der Waals surface area contributed by atoms with Gasteiger partial charge in [-0.05, 0) is 24.6 Å². The average molecular weight is 270 g/mol. The Bertz CT molecular complexity index is 527. The van der Waals surface area contributed by atoms with Crippen molar-refractivity contribution in [2.75, 3.05) is 0 Å². The highest BCUT2D eigenvalue weighted by atomic mass is 79.9. The number of aryl methyl sites for hydroxylation is 1. The Hall–Kier alpha value is -1.03. The molecule has 0 radical (unpaired) electrons. The molecule has 3 nitrogen and oxygen atoms in total. The standard InChI is InChI=1S/C11H12BrNO2/c1-2-3-6-13-9-5-4-8(12)7-10(9)15-11(13)14/h4-5,7H,2-3,6H2,1H3. The molecule has 0 bridgehead atoms. The van der Waals surface area contributed by atoms with Crippen LogP contribution in [0.2, 0.25) is 0 Å². The SMILES string of the molecule is CCCCn1c(=O)oc2cc(Br)ccc21. The molecular formula is C11H12BrNO2. The summed E-state index contributed by atoms with van der Waals surface area (Å²) in [6.45, 7) is 2.83. The van der Waals surface area contributed by atoms with E-state index in [1.165, 1.54) is 0 Å². The Morgan fingerprint density at radius 2 is 2.27 bits per heavy atom. The Morgan fingerprint density at radius 3 is 3.00 bits per heavy atom. The third-order valence-electron chi connectivity index (χ3n) is 2.37. The number of hydrogen-bond acceptors (Lipinski definition) is 2. The number of benzene rings is 1. The monoisotopic (exact) mass is 269 g/mol. The second-order valence-corrected chi connectivity index (χ2v) is 4.40. The molecule has 0 saturated carbocycles. The van der Waals surface area contributed by atoms with Crippen molar-refractivity contribution in [2.45, 2.75) is 26.3 Å². The highest BCUT2D eigenvalue weighted by Gasteiger charge is 2.08. The molecular weight excluding hydrogens is 258 g/mol. The zero-order chi connectivity index (χ0) is 10.8. The van der Waals surface area contributed by atoms with Crippen molar-refractivity contribution in [1.29, 1.82) is 0 Å². The molecule has 0 amide bonds. The first kappa shape index (κ1) is 10.5. The van der Waals surface area contributed by atoms with Gasteiger partial charge in [-0.3, -0.25) is 4.57 Å². The summed E-state index contributed by atoms with van der Waals surface area (Å²) in [5.74, 6) is -0.267. The lowest BCUT2D eigenvalue weighted by molar-refractivity contribution is 0.496. The molecule has 2 rings (SSSR count). The normalized spacial score (nSPS) is 11.1. The number of nitrogens with zero attached hydrogens (tertiary/aromatic N) is 1. The second-order valence-electron chi connectivity index (χ2n) is 3.49. The van der Waals surface area contributed by atoms with E-state index < -0.39 is 0 Å². The summed E-state index contributed by atoms with van der Waals surface area (Å²) in [7, 11) is 0. The summed E-state index contributed by atoms with van der Waals surface area (Å²) < 4.78 is 7.76. The summed E-state index contributed by atoms with van der Waals surface area (Å²) in [4.78, 5) is 11.5. The summed E-state index contributed by atoms with van der Waals surface area (Å²) >= 11 is 3.35. The molecule has 0 aliphatic heterocycles. The molecule has 1 heterocycles. The van der Waals surface area contributed by atoms with Crippen LogP contribution in [-0.4, -0.2) is 4.57 Å². The zero-order valence-electron chi connectivity index (χ0n) is 8.50. The number of unbranched alkanes of at least 4 members (excludes halogenated alkanes) is 1. The smallest absolute Gasteiger partial charge is 0.408 e. The maximum Gasteiger partial charge on any atom is 0.419 e. The molecule has 0 saturated heterocycles. The van der Waals surface area contributed by atoms with E-state index in [0.29, 0.717) is 5.58 Å². The number of rotatable bonds is 3. The number of aromatic nitrogens is 1. The van der Waals surface area contributed by atoms with Crippen molar-refractivity contribution >= 4 is 27.0 Å². The fourth-order valence-electron chi connectivity index (χ4n) is 1.57. The first-order valence-electron chi connectivity index (χ1n) is 5.01. The first-order chi connectivity index (χ1) is 7.22. The topological polar surface area (TPSA) is 35.1 Å². The molecule has 1 aromatic heterocycles. The number of oxazole rings is 1. The van der Waals surface area contributed by atoms with E-state index in [1.807, 2.05) is 18.2 Å². The maximum atomic E-state index is 11.5. The highest BCUT2D eigenvalue weighted by Crippen LogP contribution is 2.19. The predicted molar refractivity (Wildman–Crippen MR) is 63.1 cm³/mol. The van der Waals surface area contributed by atoms with Crippen LogP contribution in [0.15, 0.2) is 31.9 Å².